The van der Waals surface area contributed by atoms with Crippen molar-refractivity contribution in [2.45, 2.75) is 18.4 Å². The van der Waals surface area contributed by atoms with Crippen LogP contribution >= 0.6 is 11.8 Å². The molecule has 1 saturated heterocycles. The van der Waals surface area contributed by atoms with E-state index in [1.54, 1.807) is 30.3 Å². The highest BCUT2D eigenvalue weighted by atomic mass is 32.2. The fourth-order valence-corrected chi connectivity index (χ4v) is 4.85. The molecule has 0 atom stereocenters. The number of carbonyl (C=O) groups excluding carboxylic acids is 2. The van der Waals surface area contributed by atoms with Gasteiger partial charge in [0, 0.05) is 5.56 Å². The second-order valence-corrected chi connectivity index (χ2v) is 9.82. The van der Waals surface area contributed by atoms with Crippen LogP contribution in [-0.2, 0) is 21.5 Å². The van der Waals surface area contributed by atoms with E-state index in [0.717, 1.165) is 22.2 Å². The SMILES string of the molecule is Cc1ccc(S(=O)(=O)Oc2ccc(/C=C3\SC(=O)N(Cc4ccccc4F)C3=O)cc2)cc1. The summed E-state index contributed by atoms with van der Waals surface area (Å²) in [5.74, 6) is -0.896. The van der Waals surface area contributed by atoms with Crippen molar-refractivity contribution in [3.8, 4) is 5.75 Å². The predicted molar refractivity (Wildman–Crippen MR) is 123 cm³/mol. The van der Waals surface area contributed by atoms with E-state index in [1.165, 1.54) is 48.5 Å². The number of imide groups is 1. The Balaban J connectivity index is 1.47. The monoisotopic (exact) mass is 483 g/mol. The molecule has 0 saturated carbocycles. The highest BCUT2D eigenvalue weighted by molar-refractivity contribution is 8.18. The average molecular weight is 484 g/mol. The minimum atomic E-state index is -3.98. The van der Waals surface area contributed by atoms with Gasteiger partial charge in [0.05, 0.1) is 11.4 Å². The van der Waals surface area contributed by atoms with Crippen LogP contribution in [0.3, 0.4) is 0 Å². The average Bonchev–Trinajstić information content (AvgIpc) is 3.04. The van der Waals surface area contributed by atoms with E-state index in [1.807, 2.05) is 6.92 Å². The predicted octanol–water partition coefficient (Wildman–Crippen LogP) is 5.14. The number of hydrogen-bond donors (Lipinski definition) is 0. The van der Waals surface area contributed by atoms with Gasteiger partial charge in [0.2, 0.25) is 0 Å². The Kier molecular flexibility index (Phi) is 6.35. The van der Waals surface area contributed by atoms with Gasteiger partial charge in [-0.3, -0.25) is 14.5 Å². The molecule has 33 heavy (non-hydrogen) atoms. The van der Waals surface area contributed by atoms with Crippen molar-refractivity contribution < 1.29 is 26.6 Å². The minimum absolute atomic E-state index is 0.0423. The Labute approximate surface area is 194 Å². The molecule has 0 spiro atoms. The molecule has 0 aromatic heterocycles. The molecule has 1 aliphatic heterocycles. The summed E-state index contributed by atoms with van der Waals surface area (Å²) >= 11 is 0.763. The maximum absolute atomic E-state index is 13.9. The van der Waals surface area contributed by atoms with Gasteiger partial charge in [-0.1, -0.05) is 48.0 Å². The lowest BCUT2D eigenvalue weighted by atomic mass is 10.2. The summed E-state index contributed by atoms with van der Waals surface area (Å²) in [6.45, 7) is 1.70. The summed E-state index contributed by atoms with van der Waals surface area (Å²) in [5, 5.41) is -0.487. The first-order valence-corrected chi connectivity index (χ1v) is 12.1. The fourth-order valence-electron chi connectivity index (χ4n) is 3.08. The third-order valence-electron chi connectivity index (χ3n) is 4.85. The van der Waals surface area contributed by atoms with Crippen molar-refractivity contribution in [2.75, 3.05) is 0 Å². The second-order valence-electron chi connectivity index (χ2n) is 7.28. The largest absolute Gasteiger partial charge is 0.379 e. The first-order chi connectivity index (χ1) is 15.7. The van der Waals surface area contributed by atoms with E-state index in [2.05, 4.69) is 0 Å². The highest BCUT2D eigenvalue weighted by Gasteiger charge is 2.35. The van der Waals surface area contributed by atoms with Crippen molar-refractivity contribution in [3.63, 3.8) is 0 Å². The molecule has 9 heteroatoms. The highest BCUT2D eigenvalue weighted by Crippen LogP contribution is 2.34. The maximum atomic E-state index is 13.9. The van der Waals surface area contributed by atoms with Gasteiger partial charge < -0.3 is 4.18 Å². The van der Waals surface area contributed by atoms with Crippen molar-refractivity contribution in [1.82, 2.24) is 4.90 Å². The molecule has 168 valence electrons. The Morgan fingerprint density at radius 1 is 0.970 bits per heavy atom. The summed E-state index contributed by atoms with van der Waals surface area (Å²) in [6, 6.07) is 18.3. The lowest BCUT2D eigenvalue weighted by Crippen LogP contribution is -2.27. The zero-order valence-electron chi connectivity index (χ0n) is 17.4. The van der Waals surface area contributed by atoms with Gasteiger partial charge in [0.1, 0.15) is 16.5 Å². The molecule has 3 aromatic carbocycles. The first kappa shape index (κ1) is 22.8. The Bertz CT molecular complexity index is 1350. The Hall–Kier alpha value is -3.43. The lowest BCUT2D eigenvalue weighted by molar-refractivity contribution is -0.123. The molecule has 3 aromatic rings. The standard InChI is InChI=1S/C24H18FNO5S2/c1-16-6-12-20(13-7-16)33(29,30)31-19-10-8-17(9-11-19)14-22-23(27)26(24(28)32-22)15-18-4-2-3-5-21(18)25/h2-14H,15H2,1H3/b22-14-. The van der Waals surface area contributed by atoms with Crippen molar-refractivity contribution in [1.29, 1.82) is 0 Å². The Morgan fingerprint density at radius 2 is 1.64 bits per heavy atom. The molecule has 0 radical (unpaired) electrons. The van der Waals surface area contributed by atoms with E-state index >= 15 is 0 Å². The number of rotatable bonds is 6. The van der Waals surface area contributed by atoms with Crippen molar-refractivity contribution in [2.24, 2.45) is 0 Å². The van der Waals surface area contributed by atoms with E-state index in [9.17, 15) is 22.4 Å². The summed E-state index contributed by atoms with van der Waals surface area (Å²) in [4.78, 5) is 26.2. The van der Waals surface area contributed by atoms with Crippen LogP contribution in [0.4, 0.5) is 9.18 Å². The van der Waals surface area contributed by atoms with Crippen LogP contribution in [0.15, 0.2) is 82.6 Å². The van der Waals surface area contributed by atoms with Crippen LogP contribution in [0.5, 0.6) is 5.75 Å². The van der Waals surface area contributed by atoms with Crippen molar-refractivity contribution >= 4 is 39.1 Å². The van der Waals surface area contributed by atoms with Gasteiger partial charge in [0.25, 0.3) is 11.1 Å². The van der Waals surface area contributed by atoms with Crippen LogP contribution in [-0.4, -0.2) is 24.5 Å². The van der Waals surface area contributed by atoms with Gasteiger partial charge in [-0.2, -0.15) is 8.42 Å². The van der Waals surface area contributed by atoms with E-state index in [-0.39, 0.29) is 27.7 Å². The zero-order chi connectivity index (χ0) is 23.6. The summed E-state index contributed by atoms with van der Waals surface area (Å²) in [5.41, 5.74) is 1.75. The number of carbonyl (C=O) groups is 2. The van der Waals surface area contributed by atoms with Gasteiger partial charge in [-0.25, -0.2) is 4.39 Å². The smallest absolute Gasteiger partial charge is 0.339 e. The van der Waals surface area contributed by atoms with Crippen molar-refractivity contribution in [3.05, 3.63) is 100 Å². The first-order valence-electron chi connectivity index (χ1n) is 9.83. The van der Waals surface area contributed by atoms with Crippen LogP contribution in [0.25, 0.3) is 6.08 Å². The molecule has 0 unspecified atom stereocenters. The van der Waals surface area contributed by atoms with Gasteiger partial charge in [-0.05, 0) is 60.7 Å². The molecular formula is C24H18FNO5S2. The molecule has 2 amide bonds. The quantitative estimate of drug-likeness (QED) is 0.357. The number of amides is 2. The van der Waals surface area contributed by atoms with Gasteiger partial charge >= 0.3 is 10.1 Å². The van der Waals surface area contributed by atoms with E-state index in [0.29, 0.717) is 5.56 Å². The van der Waals surface area contributed by atoms with E-state index in [4.69, 9.17) is 4.18 Å². The molecule has 1 aliphatic rings. The van der Waals surface area contributed by atoms with Gasteiger partial charge in [0.15, 0.2) is 0 Å². The number of nitrogens with zero attached hydrogens (tertiary/aromatic N) is 1. The third-order valence-corrected chi connectivity index (χ3v) is 7.02. The lowest BCUT2D eigenvalue weighted by Gasteiger charge is -2.12. The summed E-state index contributed by atoms with van der Waals surface area (Å²) in [6.07, 6.45) is 1.52. The number of hydrogen-bond acceptors (Lipinski definition) is 6. The van der Waals surface area contributed by atoms with E-state index < -0.39 is 27.1 Å². The maximum Gasteiger partial charge on any atom is 0.339 e. The minimum Gasteiger partial charge on any atom is -0.379 e. The molecule has 1 heterocycles. The molecule has 0 bridgehead atoms. The normalized spacial score (nSPS) is 15.3. The number of aryl methyl sites for hydroxylation is 1. The van der Waals surface area contributed by atoms with Crippen LogP contribution in [0.2, 0.25) is 0 Å². The molecular weight excluding hydrogens is 465 g/mol. The fraction of sp³-hybridized carbons (Fsp3) is 0.0833. The molecule has 6 nitrogen and oxygen atoms in total. The van der Waals surface area contributed by atoms with Gasteiger partial charge in [-0.15, -0.1) is 0 Å². The number of halogens is 1. The van der Waals surface area contributed by atoms with Crippen LogP contribution in [0.1, 0.15) is 16.7 Å². The summed E-state index contributed by atoms with van der Waals surface area (Å²) < 4.78 is 43.9. The third kappa shape index (κ3) is 5.15. The molecule has 4 rings (SSSR count). The molecule has 0 N–H and O–H groups in total. The van der Waals surface area contributed by atoms with Crippen LogP contribution in [0, 0.1) is 12.7 Å². The number of thioether (sulfide) groups is 1. The second kappa shape index (κ2) is 9.21. The molecule has 0 aliphatic carbocycles. The van der Waals surface area contributed by atoms with Crippen LogP contribution < -0.4 is 4.18 Å². The topological polar surface area (TPSA) is 80.8 Å². The molecule has 1 fully saturated rings. The Morgan fingerprint density at radius 3 is 2.30 bits per heavy atom. The number of benzene rings is 3. The zero-order valence-corrected chi connectivity index (χ0v) is 19.0. The summed E-state index contributed by atoms with van der Waals surface area (Å²) in [7, 11) is -3.98.